The first-order valence-electron chi connectivity index (χ1n) is 7.25. The Kier molecular flexibility index (Phi) is 6.40. The van der Waals surface area contributed by atoms with Gasteiger partial charge in [-0.25, -0.2) is 8.42 Å². The van der Waals surface area contributed by atoms with E-state index in [1.165, 1.54) is 32.1 Å². The summed E-state index contributed by atoms with van der Waals surface area (Å²) in [7, 11) is 4.46. The van der Waals surface area contributed by atoms with Gasteiger partial charge in [0.05, 0.1) is 12.0 Å². The fraction of sp³-hybridized carbons (Fsp3) is 0.500. The molecule has 132 valence electrons. The van der Waals surface area contributed by atoms with E-state index in [2.05, 4.69) is 10.4 Å². The molecule has 4 nitrogen and oxygen atoms in total. The normalized spacial score (nSPS) is 22.5. The van der Waals surface area contributed by atoms with Crippen molar-refractivity contribution in [2.24, 2.45) is 0 Å². The predicted molar refractivity (Wildman–Crippen MR) is 106 cm³/mol. The van der Waals surface area contributed by atoms with Crippen LogP contribution in [-0.4, -0.2) is 26.3 Å². The molecule has 0 fully saturated rings. The zero-order chi connectivity index (χ0) is 17.3. The van der Waals surface area contributed by atoms with Crippen LogP contribution < -0.4 is 0 Å². The lowest BCUT2D eigenvalue weighted by Crippen LogP contribution is -1.97. The Balaban J connectivity index is 0.000000246. The number of thioether (sulfide) groups is 1. The van der Waals surface area contributed by atoms with Crippen LogP contribution in [0.15, 0.2) is 19.6 Å². The second kappa shape index (κ2) is 7.99. The monoisotopic (exact) mass is 440 g/mol. The summed E-state index contributed by atoms with van der Waals surface area (Å²) in [5.74, 6) is 0. The number of rotatable bonds is 2. The molecule has 0 aromatic carbocycles. The van der Waals surface area contributed by atoms with Crippen molar-refractivity contribution in [2.45, 2.75) is 36.3 Å². The molecule has 24 heavy (non-hydrogen) atoms. The molecule has 1 aromatic heterocycles. The van der Waals surface area contributed by atoms with Crippen LogP contribution in [0, 0.1) is 0 Å². The van der Waals surface area contributed by atoms with Gasteiger partial charge in [-0.1, -0.05) is 33.3 Å². The molecule has 4 rings (SSSR count). The average molecular weight is 441 g/mol. The van der Waals surface area contributed by atoms with E-state index >= 15 is 0 Å². The molecule has 1 aromatic rings. The molecule has 0 atom stereocenters. The third-order valence-corrected chi connectivity index (χ3v) is 11.2. The highest BCUT2D eigenvalue weighted by Gasteiger charge is 2.36. The molecule has 10 heteroatoms. The number of fused-ring (bicyclic) bond motifs is 1. The lowest BCUT2D eigenvalue weighted by Gasteiger charge is -2.04. The van der Waals surface area contributed by atoms with Crippen molar-refractivity contribution in [3.05, 3.63) is 25.8 Å². The summed E-state index contributed by atoms with van der Waals surface area (Å²) in [5, 5.41) is 0. The Bertz CT molecular complexity index is 805. The second-order valence-corrected chi connectivity index (χ2v) is 11.9. The SMILES string of the molecule is COS(=O)(=O)[O-].CSc1[s+]sc2c1CC/C2=C1/SSC2=C1CCC2. The maximum atomic E-state index is 9.22. The van der Waals surface area contributed by atoms with E-state index in [4.69, 9.17) is 0 Å². The summed E-state index contributed by atoms with van der Waals surface area (Å²) < 4.78 is 32.6. The molecule has 2 heterocycles. The van der Waals surface area contributed by atoms with Gasteiger partial charge in [0, 0.05) is 15.4 Å². The minimum absolute atomic E-state index is 0.808. The van der Waals surface area contributed by atoms with Gasteiger partial charge >= 0.3 is 10.3 Å². The van der Waals surface area contributed by atoms with Gasteiger partial charge in [-0.3, -0.25) is 4.18 Å². The second-order valence-electron chi connectivity index (χ2n) is 5.27. The van der Waals surface area contributed by atoms with Crippen LogP contribution in [0.2, 0.25) is 0 Å². The average Bonchev–Trinajstić information content (AvgIpc) is 3.27. The summed E-state index contributed by atoms with van der Waals surface area (Å²) in [5.41, 5.74) is 5.03. The first-order chi connectivity index (χ1) is 11.4. The zero-order valence-corrected chi connectivity index (χ0v) is 18.0. The Labute approximate surface area is 161 Å². The van der Waals surface area contributed by atoms with Crippen LogP contribution in [0.1, 0.15) is 36.1 Å². The molecule has 0 saturated carbocycles. The maximum Gasteiger partial charge on any atom is 0.308 e. The smallest absolute Gasteiger partial charge is 0.308 e. The van der Waals surface area contributed by atoms with Crippen LogP contribution in [0.5, 0.6) is 0 Å². The molecule has 1 aliphatic heterocycles. The Morgan fingerprint density at radius 1 is 1.17 bits per heavy atom. The largest absolute Gasteiger partial charge is 0.726 e. The fourth-order valence-corrected chi connectivity index (χ4v) is 10.3. The topological polar surface area (TPSA) is 66.4 Å². The minimum atomic E-state index is -4.41. The summed E-state index contributed by atoms with van der Waals surface area (Å²) in [6.45, 7) is 0. The molecule has 0 unspecified atom stereocenters. The van der Waals surface area contributed by atoms with Crippen molar-refractivity contribution < 1.29 is 17.2 Å². The molecule has 0 spiro atoms. The first kappa shape index (κ1) is 19.2. The van der Waals surface area contributed by atoms with E-state index in [0.717, 1.165) is 7.11 Å². The quantitative estimate of drug-likeness (QED) is 0.201. The molecular formula is C14H16O4S6. The third-order valence-electron chi connectivity index (χ3n) is 3.95. The Morgan fingerprint density at radius 2 is 1.92 bits per heavy atom. The first-order valence-corrected chi connectivity index (χ1v) is 14.1. The zero-order valence-electron chi connectivity index (χ0n) is 13.1. The fourth-order valence-electron chi connectivity index (χ4n) is 2.88. The molecule has 0 N–H and O–H groups in total. The van der Waals surface area contributed by atoms with Gasteiger partial charge in [0.25, 0.3) is 4.21 Å². The van der Waals surface area contributed by atoms with E-state index in [-0.39, 0.29) is 0 Å². The van der Waals surface area contributed by atoms with E-state index in [1.54, 1.807) is 35.6 Å². The van der Waals surface area contributed by atoms with Crippen molar-refractivity contribution in [3.63, 3.8) is 0 Å². The van der Waals surface area contributed by atoms with Gasteiger partial charge in [-0.2, -0.15) is 0 Å². The molecule has 2 aliphatic carbocycles. The number of hydrogen-bond donors (Lipinski definition) is 0. The molecular weight excluding hydrogens is 425 g/mol. The summed E-state index contributed by atoms with van der Waals surface area (Å²) in [6.07, 6.45) is 8.81. The number of allylic oxidation sites excluding steroid dienone is 3. The van der Waals surface area contributed by atoms with Crippen LogP contribution in [0.25, 0.3) is 5.57 Å². The molecule has 0 bridgehead atoms. The van der Waals surface area contributed by atoms with Crippen molar-refractivity contribution in [2.75, 3.05) is 13.4 Å². The van der Waals surface area contributed by atoms with Crippen molar-refractivity contribution in [3.8, 4) is 0 Å². The van der Waals surface area contributed by atoms with Crippen LogP contribution in [0.3, 0.4) is 0 Å². The van der Waals surface area contributed by atoms with Gasteiger partial charge in [0.15, 0.2) is 10.3 Å². The highest BCUT2D eigenvalue weighted by Crippen LogP contribution is 2.60. The van der Waals surface area contributed by atoms with Gasteiger partial charge in [-0.15, -0.1) is 0 Å². The van der Waals surface area contributed by atoms with E-state index in [1.807, 2.05) is 54.0 Å². The van der Waals surface area contributed by atoms with Gasteiger partial charge in [-0.05, 0) is 49.5 Å². The van der Waals surface area contributed by atoms with E-state index in [0.29, 0.717) is 0 Å². The number of hydrogen-bond acceptors (Lipinski definition) is 8. The van der Waals surface area contributed by atoms with Gasteiger partial charge < -0.3 is 4.55 Å². The lowest BCUT2D eigenvalue weighted by molar-refractivity contribution is 0.314. The predicted octanol–water partition coefficient (Wildman–Crippen LogP) is 5.40. The standard InChI is InChI=1S/C13H13S5.CH4O4S/c1-14-13-9-6-5-8(12(9)17-18-13)11-7-3-2-4-10(7)15-16-11;1-5-6(2,3)4/h2-6H2,1H3;1H3,(H,2,3,4)/q+1;/p-1. The molecule has 3 aliphatic rings. The Hall–Kier alpha value is 0.450. The maximum absolute atomic E-state index is 9.22. The minimum Gasteiger partial charge on any atom is -0.726 e. The van der Waals surface area contributed by atoms with Gasteiger partial charge in [0.1, 0.15) is 0 Å². The van der Waals surface area contributed by atoms with Crippen LogP contribution in [0.4, 0.5) is 0 Å². The lowest BCUT2D eigenvalue weighted by atomic mass is 10.1. The van der Waals surface area contributed by atoms with Gasteiger partial charge in [0.2, 0.25) is 10.4 Å². The summed E-state index contributed by atoms with van der Waals surface area (Å²) in [6, 6.07) is 0. The highest BCUT2D eigenvalue weighted by atomic mass is 33.1. The molecule has 0 radical (unpaired) electrons. The molecule has 0 saturated heterocycles. The Morgan fingerprint density at radius 3 is 2.58 bits per heavy atom. The third kappa shape index (κ3) is 4.06. The van der Waals surface area contributed by atoms with Crippen LogP contribution >= 0.6 is 54.0 Å². The van der Waals surface area contributed by atoms with E-state index < -0.39 is 10.4 Å². The summed E-state index contributed by atoms with van der Waals surface area (Å²) in [4.78, 5) is 4.95. The van der Waals surface area contributed by atoms with Crippen molar-refractivity contribution in [1.29, 1.82) is 0 Å². The highest BCUT2D eigenvalue weighted by molar-refractivity contribution is 8.80. The van der Waals surface area contributed by atoms with Crippen molar-refractivity contribution in [1.82, 2.24) is 0 Å². The molecule has 0 amide bonds. The summed E-state index contributed by atoms with van der Waals surface area (Å²) >= 11 is 1.93. The van der Waals surface area contributed by atoms with E-state index in [9.17, 15) is 13.0 Å². The van der Waals surface area contributed by atoms with Crippen LogP contribution in [-0.2, 0) is 21.0 Å². The van der Waals surface area contributed by atoms with Crippen molar-refractivity contribution >= 4 is 70.0 Å².